The van der Waals surface area contributed by atoms with Gasteiger partial charge in [0.05, 0.1) is 17.8 Å². The molecule has 1 aromatic carbocycles. The maximum Gasteiger partial charge on any atom is 0.230 e. The van der Waals surface area contributed by atoms with E-state index in [1.807, 2.05) is 48.8 Å². The van der Waals surface area contributed by atoms with Gasteiger partial charge in [-0.05, 0) is 49.2 Å². The van der Waals surface area contributed by atoms with Crippen molar-refractivity contribution < 1.29 is 9.90 Å². The van der Waals surface area contributed by atoms with Crippen LogP contribution in [0.2, 0.25) is 0 Å². The number of aromatic hydroxyl groups is 1. The summed E-state index contributed by atoms with van der Waals surface area (Å²) in [5.74, 6) is -0.141. The molecule has 0 radical (unpaired) electrons. The van der Waals surface area contributed by atoms with E-state index in [0.717, 1.165) is 16.8 Å². The number of rotatable bonds is 3. The summed E-state index contributed by atoms with van der Waals surface area (Å²) < 4.78 is 1.89. The lowest BCUT2D eigenvalue weighted by molar-refractivity contribution is -0.115. The Kier molecular flexibility index (Phi) is 3.55. The molecule has 0 fully saturated rings. The van der Waals surface area contributed by atoms with Crippen molar-refractivity contribution >= 4 is 17.2 Å². The SMILES string of the molecule is Cc1ccc(NC(=O)Cc2cn3ccc(C)cc3n2)c(O)c1. The fourth-order valence-electron chi connectivity index (χ4n) is 2.33. The van der Waals surface area contributed by atoms with E-state index in [0.29, 0.717) is 11.4 Å². The number of amides is 1. The molecule has 1 amide bonds. The number of benzene rings is 1. The molecule has 112 valence electrons. The first kappa shape index (κ1) is 14.1. The molecule has 2 N–H and O–H groups in total. The Balaban J connectivity index is 1.75. The monoisotopic (exact) mass is 295 g/mol. The van der Waals surface area contributed by atoms with Crippen LogP contribution in [-0.4, -0.2) is 20.4 Å². The molecule has 5 nitrogen and oxygen atoms in total. The lowest BCUT2D eigenvalue weighted by Crippen LogP contribution is -2.14. The highest BCUT2D eigenvalue weighted by Crippen LogP contribution is 2.24. The lowest BCUT2D eigenvalue weighted by atomic mass is 10.2. The van der Waals surface area contributed by atoms with Gasteiger partial charge in [-0.25, -0.2) is 4.98 Å². The van der Waals surface area contributed by atoms with Crippen LogP contribution in [0.4, 0.5) is 5.69 Å². The van der Waals surface area contributed by atoms with Gasteiger partial charge in [-0.3, -0.25) is 4.79 Å². The first-order valence-electron chi connectivity index (χ1n) is 7.05. The number of nitrogens with zero attached hydrogens (tertiary/aromatic N) is 2. The molecule has 0 aliphatic carbocycles. The average Bonchev–Trinajstić information content (AvgIpc) is 2.83. The number of pyridine rings is 1. The molecule has 0 spiro atoms. The van der Waals surface area contributed by atoms with Gasteiger partial charge in [0.1, 0.15) is 11.4 Å². The number of anilines is 1. The molecule has 0 bridgehead atoms. The molecular weight excluding hydrogens is 278 g/mol. The van der Waals surface area contributed by atoms with Crippen LogP contribution < -0.4 is 5.32 Å². The summed E-state index contributed by atoms with van der Waals surface area (Å²) >= 11 is 0. The minimum atomic E-state index is -0.209. The fourth-order valence-corrected chi connectivity index (χ4v) is 2.33. The molecule has 3 aromatic rings. The van der Waals surface area contributed by atoms with Gasteiger partial charge < -0.3 is 14.8 Å². The van der Waals surface area contributed by atoms with Gasteiger partial charge in [-0.15, -0.1) is 0 Å². The number of imidazole rings is 1. The molecule has 2 heterocycles. The molecule has 2 aromatic heterocycles. The highest BCUT2D eigenvalue weighted by Gasteiger charge is 2.10. The zero-order valence-corrected chi connectivity index (χ0v) is 12.5. The summed E-state index contributed by atoms with van der Waals surface area (Å²) in [5, 5.41) is 12.5. The van der Waals surface area contributed by atoms with Crippen LogP contribution in [0.1, 0.15) is 16.8 Å². The van der Waals surface area contributed by atoms with Gasteiger partial charge in [-0.1, -0.05) is 6.07 Å². The normalized spacial score (nSPS) is 10.8. The van der Waals surface area contributed by atoms with Crippen molar-refractivity contribution in [1.29, 1.82) is 0 Å². The quantitative estimate of drug-likeness (QED) is 0.730. The Labute approximate surface area is 128 Å². The zero-order valence-electron chi connectivity index (χ0n) is 12.5. The average molecular weight is 295 g/mol. The van der Waals surface area contributed by atoms with Crippen LogP contribution in [0.3, 0.4) is 0 Å². The third-order valence-corrected chi connectivity index (χ3v) is 3.43. The van der Waals surface area contributed by atoms with E-state index >= 15 is 0 Å². The highest BCUT2D eigenvalue weighted by molar-refractivity contribution is 5.93. The first-order valence-corrected chi connectivity index (χ1v) is 7.05. The second-order valence-corrected chi connectivity index (χ2v) is 5.45. The molecule has 0 aliphatic heterocycles. The van der Waals surface area contributed by atoms with E-state index in [2.05, 4.69) is 10.3 Å². The van der Waals surface area contributed by atoms with E-state index in [-0.39, 0.29) is 18.1 Å². The maximum absolute atomic E-state index is 12.1. The number of aromatic nitrogens is 2. The summed E-state index contributed by atoms with van der Waals surface area (Å²) in [4.78, 5) is 16.5. The Morgan fingerprint density at radius 2 is 2.00 bits per heavy atom. The molecular formula is C17H17N3O2. The van der Waals surface area contributed by atoms with Crippen molar-refractivity contribution in [3.63, 3.8) is 0 Å². The predicted molar refractivity (Wildman–Crippen MR) is 85.1 cm³/mol. The second kappa shape index (κ2) is 5.52. The summed E-state index contributed by atoms with van der Waals surface area (Å²) in [6.45, 7) is 3.88. The van der Waals surface area contributed by atoms with Crippen LogP contribution >= 0.6 is 0 Å². The number of nitrogens with one attached hydrogen (secondary N) is 1. The minimum Gasteiger partial charge on any atom is -0.506 e. The van der Waals surface area contributed by atoms with Crippen molar-refractivity contribution in [2.24, 2.45) is 0 Å². The van der Waals surface area contributed by atoms with Gasteiger partial charge in [-0.2, -0.15) is 0 Å². The van der Waals surface area contributed by atoms with Gasteiger partial charge in [0, 0.05) is 12.4 Å². The lowest BCUT2D eigenvalue weighted by Gasteiger charge is -2.07. The third kappa shape index (κ3) is 2.93. The van der Waals surface area contributed by atoms with Crippen molar-refractivity contribution in [3.8, 4) is 5.75 Å². The van der Waals surface area contributed by atoms with Gasteiger partial charge in [0.2, 0.25) is 5.91 Å². The molecule has 0 unspecified atom stereocenters. The molecule has 0 atom stereocenters. The number of carbonyl (C=O) groups excluding carboxylic acids is 1. The Morgan fingerprint density at radius 3 is 2.77 bits per heavy atom. The van der Waals surface area contributed by atoms with Crippen molar-refractivity contribution in [3.05, 3.63) is 59.5 Å². The van der Waals surface area contributed by atoms with Crippen molar-refractivity contribution in [2.45, 2.75) is 20.3 Å². The maximum atomic E-state index is 12.1. The second-order valence-electron chi connectivity index (χ2n) is 5.45. The van der Waals surface area contributed by atoms with Crippen molar-refractivity contribution in [1.82, 2.24) is 9.38 Å². The summed E-state index contributed by atoms with van der Waals surface area (Å²) in [7, 11) is 0. The molecule has 3 rings (SSSR count). The van der Waals surface area contributed by atoms with Crippen LogP contribution in [-0.2, 0) is 11.2 Å². The Morgan fingerprint density at radius 1 is 1.23 bits per heavy atom. The molecule has 0 aliphatic rings. The molecule has 0 saturated heterocycles. The molecule has 0 saturated carbocycles. The van der Waals surface area contributed by atoms with Crippen LogP contribution in [0.5, 0.6) is 5.75 Å². The van der Waals surface area contributed by atoms with Gasteiger partial charge in [0.25, 0.3) is 0 Å². The standard InChI is InChI=1S/C17H17N3O2/c1-11-3-4-14(15(21)7-11)19-17(22)9-13-10-20-6-5-12(2)8-16(20)18-13/h3-8,10,21H,9H2,1-2H3,(H,19,22). The topological polar surface area (TPSA) is 66.6 Å². The van der Waals surface area contributed by atoms with Crippen molar-refractivity contribution in [2.75, 3.05) is 5.32 Å². The number of aryl methyl sites for hydroxylation is 2. The first-order chi connectivity index (χ1) is 10.5. The van der Waals surface area contributed by atoms with Gasteiger partial charge in [0.15, 0.2) is 0 Å². The number of fused-ring (bicyclic) bond motifs is 1. The third-order valence-electron chi connectivity index (χ3n) is 3.43. The molecule has 22 heavy (non-hydrogen) atoms. The smallest absolute Gasteiger partial charge is 0.230 e. The van der Waals surface area contributed by atoms with Crippen LogP contribution in [0.15, 0.2) is 42.7 Å². The Hall–Kier alpha value is -2.82. The summed E-state index contributed by atoms with van der Waals surface area (Å²) in [5.41, 5.74) is 3.98. The number of phenols is 1. The minimum absolute atomic E-state index is 0.0685. The number of hydrogen-bond donors (Lipinski definition) is 2. The Bertz CT molecular complexity index is 852. The summed E-state index contributed by atoms with van der Waals surface area (Å²) in [6, 6.07) is 9.10. The number of hydrogen-bond acceptors (Lipinski definition) is 3. The van der Waals surface area contributed by atoms with Gasteiger partial charge >= 0.3 is 0 Å². The van der Waals surface area contributed by atoms with E-state index in [4.69, 9.17) is 0 Å². The van der Waals surface area contributed by atoms with E-state index in [9.17, 15) is 9.90 Å². The van der Waals surface area contributed by atoms with E-state index < -0.39 is 0 Å². The van der Waals surface area contributed by atoms with Crippen LogP contribution in [0, 0.1) is 13.8 Å². The fraction of sp³-hybridized carbons (Fsp3) is 0.176. The van der Waals surface area contributed by atoms with Crippen LogP contribution in [0.25, 0.3) is 5.65 Å². The van der Waals surface area contributed by atoms with E-state index in [1.54, 1.807) is 12.1 Å². The predicted octanol–water partition coefficient (Wildman–Crippen LogP) is 2.84. The zero-order chi connectivity index (χ0) is 15.7. The highest BCUT2D eigenvalue weighted by atomic mass is 16.3. The summed E-state index contributed by atoms with van der Waals surface area (Å²) in [6.07, 6.45) is 3.92. The number of carbonyl (C=O) groups is 1. The van der Waals surface area contributed by atoms with E-state index in [1.165, 1.54) is 0 Å². The molecule has 5 heteroatoms. The number of phenolic OH excluding ortho intramolecular Hbond substituents is 1. The largest absolute Gasteiger partial charge is 0.506 e.